The van der Waals surface area contributed by atoms with Crippen LogP contribution >= 0.6 is 0 Å². The van der Waals surface area contributed by atoms with E-state index in [-0.39, 0.29) is 24.6 Å². The number of likely N-dealkylation sites (tertiary alicyclic amines) is 1. The number of amides is 1. The van der Waals surface area contributed by atoms with Crippen molar-refractivity contribution < 1.29 is 22.7 Å². The molecule has 1 aliphatic rings. The Morgan fingerprint density at radius 1 is 1.19 bits per heavy atom. The van der Waals surface area contributed by atoms with E-state index < -0.39 is 30.8 Å². The monoisotopic (exact) mass is 430 g/mol. The van der Waals surface area contributed by atoms with E-state index in [1.54, 1.807) is 41.0 Å². The lowest BCUT2D eigenvalue weighted by atomic mass is 10.1. The summed E-state index contributed by atoms with van der Waals surface area (Å²) in [5, 5.41) is 7.90. The van der Waals surface area contributed by atoms with Crippen LogP contribution in [0.2, 0.25) is 0 Å². The van der Waals surface area contributed by atoms with Gasteiger partial charge in [-0.2, -0.15) is 0 Å². The van der Waals surface area contributed by atoms with Crippen molar-refractivity contribution in [1.82, 2.24) is 19.7 Å². The van der Waals surface area contributed by atoms with E-state index in [9.17, 15) is 18.0 Å². The molecule has 31 heavy (non-hydrogen) atoms. The van der Waals surface area contributed by atoms with Crippen LogP contribution in [-0.2, 0) is 17.8 Å². The molecule has 2 aromatic carbocycles. The van der Waals surface area contributed by atoms with E-state index >= 15 is 0 Å². The predicted molar refractivity (Wildman–Crippen MR) is 106 cm³/mol. The number of halogens is 3. The highest BCUT2D eigenvalue weighted by Gasteiger charge is 2.49. The number of methoxy groups -OCH3 is 1. The summed E-state index contributed by atoms with van der Waals surface area (Å²) in [5.74, 6) is -2.95. The number of aromatic nitrogens is 3. The van der Waals surface area contributed by atoms with Crippen molar-refractivity contribution in [1.29, 1.82) is 0 Å². The number of benzene rings is 2. The maximum atomic E-state index is 14.3. The normalized spacial score (nSPS) is 17.7. The molecule has 162 valence electrons. The molecule has 9 heteroatoms. The van der Waals surface area contributed by atoms with Gasteiger partial charge >= 0.3 is 0 Å². The standard InChI is InChI=1S/C22H21F3N4O2/c1-31-18-4-2-3-16(9-18)10-20(30)29-13-22(24,25)11-19(29)21-27-26-14-28(21)12-15-5-7-17(23)8-6-15/h2-9,14,19H,10-13H2,1H3/t19-/m0/s1. The molecule has 1 aliphatic heterocycles. The number of ether oxygens (including phenoxy) is 1. The Kier molecular flexibility index (Phi) is 5.67. The molecule has 3 aromatic rings. The van der Waals surface area contributed by atoms with Crippen molar-refractivity contribution in [2.75, 3.05) is 13.7 Å². The van der Waals surface area contributed by atoms with Gasteiger partial charge in [-0.15, -0.1) is 10.2 Å². The van der Waals surface area contributed by atoms with Crippen molar-refractivity contribution in [3.05, 3.63) is 77.6 Å². The second-order valence-electron chi connectivity index (χ2n) is 7.57. The topological polar surface area (TPSA) is 60.2 Å². The molecule has 1 amide bonds. The van der Waals surface area contributed by atoms with Gasteiger partial charge in [0.15, 0.2) is 5.82 Å². The zero-order valence-corrected chi connectivity index (χ0v) is 16.8. The van der Waals surface area contributed by atoms with E-state index in [1.807, 2.05) is 0 Å². The van der Waals surface area contributed by atoms with E-state index in [2.05, 4.69) is 10.2 Å². The Bertz CT molecular complexity index is 1070. The predicted octanol–water partition coefficient (Wildman–Crippen LogP) is 3.63. The van der Waals surface area contributed by atoms with Crippen LogP contribution in [0, 0.1) is 5.82 Å². The summed E-state index contributed by atoms with van der Waals surface area (Å²) in [6.07, 6.45) is 0.870. The number of hydrogen-bond donors (Lipinski definition) is 0. The second kappa shape index (κ2) is 8.41. The third-order valence-electron chi connectivity index (χ3n) is 5.29. The van der Waals surface area contributed by atoms with Crippen LogP contribution in [0.5, 0.6) is 5.75 Å². The highest BCUT2D eigenvalue weighted by atomic mass is 19.3. The van der Waals surface area contributed by atoms with Crippen LogP contribution in [0.1, 0.15) is 29.4 Å². The molecule has 1 aromatic heterocycles. The molecular weight excluding hydrogens is 409 g/mol. The zero-order valence-electron chi connectivity index (χ0n) is 16.8. The third kappa shape index (κ3) is 4.70. The first kappa shape index (κ1) is 20.9. The van der Waals surface area contributed by atoms with Gasteiger partial charge in [0.2, 0.25) is 5.91 Å². The third-order valence-corrected chi connectivity index (χ3v) is 5.29. The van der Waals surface area contributed by atoms with Crippen molar-refractivity contribution >= 4 is 5.91 Å². The molecule has 0 unspecified atom stereocenters. The number of carbonyl (C=O) groups is 1. The summed E-state index contributed by atoms with van der Waals surface area (Å²) in [4.78, 5) is 14.1. The molecule has 0 N–H and O–H groups in total. The molecule has 0 aliphatic carbocycles. The Morgan fingerprint density at radius 3 is 2.71 bits per heavy atom. The van der Waals surface area contributed by atoms with Gasteiger partial charge in [0.25, 0.3) is 5.92 Å². The van der Waals surface area contributed by atoms with Crippen LogP contribution in [0.3, 0.4) is 0 Å². The minimum atomic E-state index is -3.03. The lowest BCUT2D eigenvalue weighted by molar-refractivity contribution is -0.132. The molecule has 0 radical (unpaired) electrons. The number of nitrogens with zero attached hydrogens (tertiary/aromatic N) is 4. The van der Waals surface area contributed by atoms with Crippen LogP contribution in [0.25, 0.3) is 0 Å². The number of carbonyl (C=O) groups excluding carboxylic acids is 1. The van der Waals surface area contributed by atoms with Crippen LogP contribution < -0.4 is 4.74 Å². The lowest BCUT2D eigenvalue weighted by Crippen LogP contribution is -2.35. The molecule has 0 bridgehead atoms. The minimum Gasteiger partial charge on any atom is -0.497 e. The highest BCUT2D eigenvalue weighted by molar-refractivity contribution is 5.79. The molecule has 2 heterocycles. The van der Waals surface area contributed by atoms with Crippen molar-refractivity contribution in [2.45, 2.75) is 31.4 Å². The summed E-state index contributed by atoms with van der Waals surface area (Å²) >= 11 is 0. The van der Waals surface area contributed by atoms with Gasteiger partial charge in [-0.25, -0.2) is 13.2 Å². The minimum absolute atomic E-state index is 0.0319. The molecule has 1 atom stereocenters. The Morgan fingerprint density at radius 2 is 1.97 bits per heavy atom. The van der Waals surface area contributed by atoms with Crippen LogP contribution in [-0.4, -0.2) is 45.1 Å². The van der Waals surface area contributed by atoms with E-state index in [1.165, 1.54) is 30.5 Å². The van der Waals surface area contributed by atoms with Gasteiger partial charge in [-0.05, 0) is 35.4 Å². The molecular formula is C22H21F3N4O2. The first-order valence-electron chi connectivity index (χ1n) is 9.77. The smallest absolute Gasteiger partial charge is 0.267 e. The van der Waals surface area contributed by atoms with Crippen molar-refractivity contribution in [3.63, 3.8) is 0 Å². The van der Waals surface area contributed by atoms with E-state index in [0.29, 0.717) is 11.3 Å². The van der Waals surface area contributed by atoms with Gasteiger partial charge in [-0.3, -0.25) is 4.79 Å². The van der Waals surface area contributed by atoms with Gasteiger partial charge in [0, 0.05) is 6.42 Å². The summed E-state index contributed by atoms with van der Waals surface area (Å²) in [7, 11) is 1.52. The fraction of sp³-hybridized carbons (Fsp3) is 0.318. The van der Waals surface area contributed by atoms with Crippen molar-refractivity contribution in [3.8, 4) is 5.75 Å². The van der Waals surface area contributed by atoms with Crippen LogP contribution in [0.15, 0.2) is 54.9 Å². The van der Waals surface area contributed by atoms with Gasteiger partial charge in [-0.1, -0.05) is 24.3 Å². The summed E-state index contributed by atoms with van der Waals surface area (Å²) in [6, 6.07) is 11.9. The number of rotatable bonds is 6. The fourth-order valence-corrected chi connectivity index (χ4v) is 3.80. The average Bonchev–Trinajstić information content (AvgIpc) is 3.33. The Labute approximate surface area is 177 Å². The highest BCUT2D eigenvalue weighted by Crippen LogP contribution is 2.40. The molecule has 0 saturated carbocycles. The summed E-state index contributed by atoms with van der Waals surface area (Å²) < 4.78 is 48.6. The Hall–Kier alpha value is -3.36. The second-order valence-corrected chi connectivity index (χ2v) is 7.57. The summed E-state index contributed by atoms with van der Waals surface area (Å²) in [6.45, 7) is -0.396. The first-order chi connectivity index (χ1) is 14.8. The number of hydrogen-bond acceptors (Lipinski definition) is 4. The number of alkyl halides is 2. The maximum Gasteiger partial charge on any atom is 0.267 e. The summed E-state index contributed by atoms with van der Waals surface area (Å²) in [5.41, 5.74) is 1.44. The molecule has 1 saturated heterocycles. The maximum absolute atomic E-state index is 14.3. The molecule has 1 fully saturated rings. The SMILES string of the molecule is COc1cccc(CC(=O)N2CC(F)(F)C[C@H]2c2nncn2Cc2ccc(F)cc2)c1. The molecule has 0 spiro atoms. The Balaban J connectivity index is 1.57. The fourth-order valence-electron chi connectivity index (χ4n) is 3.80. The average molecular weight is 430 g/mol. The molecule has 4 rings (SSSR count). The lowest BCUT2D eigenvalue weighted by Gasteiger charge is -2.24. The largest absolute Gasteiger partial charge is 0.497 e. The van der Waals surface area contributed by atoms with Crippen molar-refractivity contribution in [2.24, 2.45) is 0 Å². The van der Waals surface area contributed by atoms with Gasteiger partial charge in [0.05, 0.1) is 32.7 Å². The first-order valence-corrected chi connectivity index (χ1v) is 9.77. The van der Waals surface area contributed by atoms with Crippen LogP contribution in [0.4, 0.5) is 13.2 Å². The zero-order chi connectivity index (χ0) is 22.0. The van der Waals surface area contributed by atoms with E-state index in [4.69, 9.17) is 4.74 Å². The van der Waals surface area contributed by atoms with Gasteiger partial charge in [0.1, 0.15) is 17.9 Å². The molecule has 6 nitrogen and oxygen atoms in total. The quantitative estimate of drug-likeness (QED) is 0.599. The van der Waals surface area contributed by atoms with E-state index in [0.717, 1.165) is 5.56 Å². The van der Waals surface area contributed by atoms with Gasteiger partial charge < -0.3 is 14.2 Å².